The quantitative estimate of drug-likeness (QED) is 0.441. The largest absolute Gasteiger partial charge is 0.370 e. The highest BCUT2D eigenvalue weighted by atomic mass is 32.1. The minimum atomic E-state index is 0.0212. The van der Waals surface area contributed by atoms with Crippen molar-refractivity contribution in [2.24, 2.45) is 16.5 Å². The highest BCUT2D eigenvalue weighted by Gasteiger charge is 2.19. The summed E-state index contributed by atoms with van der Waals surface area (Å²) in [5.74, 6) is 0.0212. The van der Waals surface area contributed by atoms with E-state index in [0.717, 1.165) is 19.3 Å². The van der Waals surface area contributed by atoms with Gasteiger partial charge >= 0.3 is 0 Å². The third-order valence-electron chi connectivity index (χ3n) is 2.75. The van der Waals surface area contributed by atoms with Crippen LogP contribution in [0.15, 0.2) is 4.99 Å². The van der Waals surface area contributed by atoms with Gasteiger partial charge in [-0.3, -0.25) is 0 Å². The summed E-state index contributed by atoms with van der Waals surface area (Å²) in [7, 11) is 0. The molecule has 0 aliphatic heterocycles. The average Bonchev–Trinajstić information content (AvgIpc) is 2.42. The third kappa shape index (κ3) is 2.02. The predicted octanol–water partition coefficient (Wildman–Crippen LogP) is 1.79. The van der Waals surface area contributed by atoms with E-state index in [-0.39, 0.29) is 5.96 Å². The molecule has 0 atom stereocenters. The van der Waals surface area contributed by atoms with Crippen LogP contribution in [0.3, 0.4) is 0 Å². The molecule has 1 aromatic heterocycles. The first-order chi connectivity index (χ1) is 7.72. The standard InChI is InChI=1S/C11H14N4S/c12-6-8-7-4-2-1-3-5-9(7)16-10(8)15-11(13)14/h1-5H2,(H4,13,14,15). The number of nitrogens with two attached hydrogens (primary N) is 2. The maximum atomic E-state index is 9.17. The van der Waals surface area contributed by atoms with Crippen LogP contribution in [0.5, 0.6) is 0 Å². The Bertz CT molecular complexity index is 463. The Morgan fingerprint density at radius 2 is 2.00 bits per heavy atom. The molecule has 5 heteroatoms. The van der Waals surface area contributed by atoms with Crippen molar-refractivity contribution in [2.75, 3.05) is 0 Å². The fourth-order valence-corrected chi connectivity index (χ4v) is 3.27. The molecule has 2 rings (SSSR count). The van der Waals surface area contributed by atoms with E-state index in [1.54, 1.807) is 11.3 Å². The molecule has 0 radical (unpaired) electrons. The van der Waals surface area contributed by atoms with Crippen molar-refractivity contribution in [3.05, 3.63) is 16.0 Å². The van der Waals surface area contributed by atoms with Crippen molar-refractivity contribution >= 4 is 22.3 Å². The molecule has 1 aliphatic carbocycles. The number of aryl methyl sites for hydroxylation is 1. The van der Waals surface area contributed by atoms with Crippen LogP contribution >= 0.6 is 11.3 Å². The summed E-state index contributed by atoms with van der Waals surface area (Å²) < 4.78 is 0. The summed E-state index contributed by atoms with van der Waals surface area (Å²) in [5.41, 5.74) is 12.6. The number of rotatable bonds is 1. The van der Waals surface area contributed by atoms with Crippen LogP contribution in [0.25, 0.3) is 0 Å². The van der Waals surface area contributed by atoms with E-state index in [1.807, 2.05) is 0 Å². The molecule has 0 spiro atoms. The molecule has 1 aliphatic rings. The second-order valence-corrected chi connectivity index (χ2v) is 4.98. The van der Waals surface area contributed by atoms with Crippen LogP contribution in [-0.2, 0) is 12.8 Å². The lowest BCUT2D eigenvalue weighted by Crippen LogP contribution is -2.21. The second kappa shape index (κ2) is 4.54. The molecular weight excluding hydrogens is 220 g/mol. The van der Waals surface area contributed by atoms with Gasteiger partial charge in [-0.2, -0.15) is 5.26 Å². The highest BCUT2D eigenvalue weighted by Crippen LogP contribution is 2.38. The smallest absolute Gasteiger partial charge is 0.192 e. The minimum Gasteiger partial charge on any atom is -0.370 e. The van der Waals surface area contributed by atoms with Crippen molar-refractivity contribution in [3.63, 3.8) is 0 Å². The van der Waals surface area contributed by atoms with Gasteiger partial charge in [0.2, 0.25) is 0 Å². The van der Waals surface area contributed by atoms with Gasteiger partial charge in [-0.25, -0.2) is 4.99 Å². The molecule has 0 saturated heterocycles. The Labute approximate surface area is 98.6 Å². The Balaban J connectivity index is 2.49. The van der Waals surface area contributed by atoms with Gasteiger partial charge in [-0.1, -0.05) is 6.42 Å². The number of nitrogens with zero attached hydrogens (tertiary/aromatic N) is 2. The van der Waals surface area contributed by atoms with E-state index in [2.05, 4.69) is 11.1 Å². The van der Waals surface area contributed by atoms with Crippen molar-refractivity contribution in [3.8, 4) is 6.07 Å². The molecule has 4 nitrogen and oxygen atoms in total. The maximum Gasteiger partial charge on any atom is 0.192 e. The zero-order valence-electron chi connectivity index (χ0n) is 8.99. The predicted molar refractivity (Wildman–Crippen MR) is 65.8 cm³/mol. The van der Waals surface area contributed by atoms with E-state index >= 15 is 0 Å². The fraction of sp³-hybridized carbons (Fsp3) is 0.455. The van der Waals surface area contributed by atoms with Crippen LogP contribution in [-0.4, -0.2) is 5.96 Å². The van der Waals surface area contributed by atoms with Gasteiger partial charge < -0.3 is 11.5 Å². The molecule has 0 fully saturated rings. The zero-order valence-corrected chi connectivity index (χ0v) is 9.81. The highest BCUT2D eigenvalue weighted by molar-refractivity contribution is 7.16. The number of hydrogen-bond acceptors (Lipinski definition) is 3. The zero-order chi connectivity index (χ0) is 11.5. The van der Waals surface area contributed by atoms with Gasteiger partial charge in [-0.15, -0.1) is 11.3 Å². The lowest BCUT2D eigenvalue weighted by atomic mass is 10.1. The molecule has 0 saturated carbocycles. The van der Waals surface area contributed by atoms with Gasteiger partial charge in [0.25, 0.3) is 0 Å². The maximum absolute atomic E-state index is 9.17. The lowest BCUT2D eigenvalue weighted by molar-refractivity contribution is 0.712. The molecule has 0 amide bonds. The van der Waals surface area contributed by atoms with E-state index in [9.17, 15) is 5.26 Å². The Morgan fingerprint density at radius 1 is 1.25 bits per heavy atom. The number of nitriles is 1. The monoisotopic (exact) mass is 234 g/mol. The second-order valence-electron chi connectivity index (χ2n) is 3.89. The summed E-state index contributed by atoms with van der Waals surface area (Å²) in [4.78, 5) is 5.32. The molecule has 0 aromatic carbocycles. The van der Waals surface area contributed by atoms with Crippen LogP contribution < -0.4 is 11.5 Å². The van der Waals surface area contributed by atoms with Crippen LogP contribution in [0.2, 0.25) is 0 Å². The topological polar surface area (TPSA) is 88.2 Å². The number of aliphatic imine (C=N–C) groups is 1. The first-order valence-electron chi connectivity index (χ1n) is 5.36. The molecular formula is C11H14N4S. The Kier molecular flexibility index (Phi) is 3.11. The number of thiophene rings is 1. The number of hydrogen-bond donors (Lipinski definition) is 2. The SMILES string of the molecule is N#Cc1c(N=C(N)N)sc2c1CCCCC2. The summed E-state index contributed by atoms with van der Waals surface area (Å²) in [6.07, 6.45) is 5.62. The first-order valence-corrected chi connectivity index (χ1v) is 6.18. The van der Waals surface area contributed by atoms with Gasteiger partial charge in [0.05, 0.1) is 5.56 Å². The normalized spacial score (nSPS) is 14.7. The molecule has 84 valence electrons. The minimum absolute atomic E-state index is 0.0212. The van der Waals surface area contributed by atoms with Gasteiger partial charge in [0.15, 0.2) is 5.96 Å². The van der Waals surface area contributed by atoms with E-state index in [4.69, 9.17) is 11.5 Å². The van der Waals surface area contributed by atoms with Crippen LogP contribution in [0.4, 0.5) is 5.00 Å². The third-order valence-corrected chi connectivity index (χ3v) is 3.93. The number of guanidine groups is 1. The Morgan fingerprint density at radius 3 is 2.69 bits per heavy atom. The molecule has 0 bridgehead atoms. The lowest BCUT2D eigenvalue weighted by Gasteiger charge is -1.96. The average molecular weight is 234 g/mol. The molecule has 1 heterocycles. The molecule has 16 heavy (non-hydrogen) atoms. The summed E-state index contributed by atoms with van der Waals surface area (Å²) >= 11 is 1.56. The van der Waals surface area contributed by atoms with E-state index in [0.29, 0.717) is 10.6 Å². The summed E-state index contributed by atoms with van der Waals surface area (Å²) in [6.45, 7) is 0. The van der Waals surface area contributed by atoms with Gasteiger partial charge in [0.1, 0.15) is 11.1 Å². The summed E-state index contributed by atoms with van der Waals surface area (Å²) in [5, 5.41) is 9.85. The summed E-state index contributed by atoms with van der Waals surface area (Å²) in [6, 6.07) is 2.23. The number of fused-ring (bicyclic) bond motifs is 1. The van der Waals surface area contributed by atoms with Gasteiger partial charge in [-0.05, 0) is 31.2 Å². The van der Waals surface area contributed by atoms with Crippen molar-refractivity contribution < 1.29 is 0 Å². The van der Waals surface area contributed by atoms with E-state index in [1.165, 1.54) is 23.3 Å². The van der Waals surface area contributed by atoms with Crippen LogP contribution in [0.1, 0.15) is 35.3 Å². The molecule has 0 unspecified atom stereocenters. The Hall–Kier alpha value is -1.54. The van der Waals surface area contributed by atoms with Crippen molar-refractivity contribution in [1.82, 2.24) is 0 Å². The van der Waals surface area contributed by atoms with Crippen LogP contribution in [0, 0.1) is 11.3 Å². The fourth-order valence-electron chi connectivity index (χ4n) is 2.04. The molecule has 1 aromatic rings. The molecule has 4 N–H and O–H groups in total. The first kappa shape index (κ1) is 11.0. The van der Waals surface area contributed by atoms with E-state index < -0.39 is 0 Å². The van der Waals surface area contributed by atoms with Gasteiger partial charge in [0, 0.05) is 4.88 Å². The van der Waals surface area contributed by atoms with Crippen molar-refractivity contribution in [2.45, 2.75) is 32.1 Å². The van der Waals surface area contributed by atoms with Crippen molar-refractivity contribution in [1.29, 1.82) is 5.26 Å².